The Morgan fingerprint density at radius 1 is 1.15 bits per heavy atom. The van der Waals surface area contributed by atoms with Crippen molar-refractivity contribution in [3.05, 3.63) is 12.2 Å². The SMILES string of the molecule is CC(C)(C)[Si](C)(C)OC1CCCC(N2CC=CC2)C1O. The molecule has 0 radical (unpaired) electrons. The highest BCUT2D eigenvalue weighted by Crippen LogP contribution is 2.39. The Hall–Kier alpha value is -0.163. The van der Waals surface area contributed by atoms with Gasteiger partial charge in [-0.25, -0.2) is 0 Å². The van der Waals surface area contributed by atoms with Gasteiger partial charge < -0.3 is 9.53 Å². The molecule has 0 aromatic rings. The van der Waals surface area contributed by atoms with Crippen LogP contribution in [-0.2, 0) is 4.43 Å². The van der Waals surface area contributed by atoms with E-state index in [-0.39, 0.29) is 23.3 Å². The van der Waals surface area contributed by atoms with Gasteiger partial charge in [-0.2, -0.15) is 0 Å². The molecule has 20 heavy (non-hydrogen) atoms. The van der Waals surface area contributed by atoms with Crippen LogP contribution in [0.15, 0.2) is 12.2 Å². The van der Waals surface area contributed by atoms with Crippen molar-refractivity contribution < 1.29 is 9.53 Å². The Morgan fingerprint density at radius 3 is 2.30 bits per heavy atom. The second-order valence-electron chi connectivity index (χ2n) is 7.83. The van der Waals surface area contributed by atoms with Crippen LogP contribution in [0.1, 0.15) is 40.0 Å². The minimum absolute atomic E-state index is 0.0234. The van der Waals surface area contributed by atoms with Gasteiger partial charge in [-0.1, -0.05) is 32.9 Å². The Balaban J connectivity index is 2.01. The highest BCUT2D eigenvalue weighted by atomic mass is 28.4. The quantitative estimate of drug-likeness (QED) is 0.641. The standard InChI is InChI=1S/C16H31NO2Si/c1-16(2,3)20(4,5)19-14-10-8-9-13(15(14)18)17-11-6-7-12-17/h6-7,13-15,18H,8-12H2,1-5H3. The van der Waals surface area contributed by atoms with Crippen molar-refractivity contribution in [2.75, 3.05) is 13.1 Å². The first-order valence-electron chi connectivity index (χ1n) is 7.97. The molecule has 1 heterocycles. The first-order valence-corrected chi connectivity index (χ1v) is 10.9. The molecule has 1 saturated carbocycles. The van der Waals surface area contributed by atoms with Crippen LogP contribution in [0.5, 0.6) is 0 Å². The molecule has 2 aliphatic rings. The fraction of sp³-hybridized carbons (Fsp3) is 0.875. The molecule has 1 fully saturated rings. The van der Waals surface area contributed by atoms with Crippen LogP contribution in [0.3, 0.4) is 0 Å². The topological polar surface area (TPSA) is 32.7 Å². The summed E-state index contributed by atoms with van der Waals surface area (Å²) in [6.07, 6.45) is 7.35. The monoisotopic (exact) mass is 297 g/mol. The number of aliphatic hydroxyl groups excluding tert-OH is 1. The van der Waals surface area contributed by atoms with Crippen LogP contribution >= 0.6 is 0 Å². The molecule has 0 saturated heterocycles. The number of rotatable bonds is 3. The second-order valence-corrected chi connectivity index (χ2v) is 12.6. The van der Waals surface area contributed by atoms with Crippen LogP contribution in [0, 0.1) is 0 Å². The van der Waals surface area contributed by atoms with Gasteiger partial charge in [0.15, 0.2) is 8.32 Å². The van der Waals surface area contributed by atoms with E-state index in [0.717, 1.165) is 32.4 Å². The second kappa shape index (κ2) is 5.91. The molecule has 1 aliphatic heterocycles. The maximum Gasteiger partial charge on any atom is 0.192 e. The van der Waals surface area contributed by atoms with Crippen molar-refractivity contribution in [1.29, 1.82) is 0 Å². The lowest BCUT2D eigenvalue weighted by atomic mass is 9.89. The summed E-state index contributed by atoms with van der Waals surface area (Å²) in [5.41, 5.74) is 0. The maximum absolute atomic E-state index is 10.7. The van der Waals surface area contributed by atoms with Crippen molar-refractivity contribution in [3.8, 4) is 0 Å². The third kappa shape index (κ3) is 3.35. The summed E-state index contributed by atoms with van der Waals surface area (Å²) in [5, 5.41) is 10.9. The van der Waals surface area contributed by atoms with Gasteiger partial charge in [-0.15, -0.1) is 0 Å². The van der Waals surface area contributed by atoms with E-state index in [1.807, 2.05) is 0 Å². The van der Waals surface area contributed by atoms with E-state index in [1.54, 1.807) is 0 Å². The third-order valence-corrected chi connectivity index (χ3v) is 9.84. The zero-order valence-corrected chi connectivity index (χ0v) is 14.7. The van der Waals surface area contributed by atoms with E-state index in [0.29, 0.717) is 0 Å². The molecule has 1 N–H and O–H groups in total. The molecule has 0 aromatic heterocycles. The van der Waals surface area contributed by atoms with Crippen LogP contribution < -0.4 is 0 Å². The average molecular weight is 298 g/mol. The zero-order chi connectivity index (χ0) is 15.0. The first kappa shape index (κ1) is 16.2. The fourth-order valence-electron chi connectivity index (χ4n) is 2.97. The molecule has 2 rings (SSSR count). The maximum atomic E-state index is 10.7. The van der Waals surface area contributed by atoms with Gasteiger partial charge in [0.05, 0.1) is 12.2 Å². The predicted octanol–water partition coefficient (Wildman–Crippen LogP) is 3.16. The summed E-state index contributed by atoms with van der Waals surface area (Å²) in [4.78, 5) is 2.38. The first-order chi connectivity index (χ1) is 9.22. The molecule has 0 spiro atoms. The van der Waals surface area contributed by atoms with Crippen molar-refractivity contribution in [2.24, 2.45) is 0 Å². The largest absolute Gasteiger partial charge is 0.411 e. The predicted molar refractivity (Wildman–Crippen MR) is 86.4 cm³/mol. The van der Waals surface area contributed by atoms with Crippen LogP contribution in [0.4, 0.5) is 0 Å². The number of nitrogens with zero attached hydrogens (tertiary/aromatic N) is 1. The molecule has 116 valence electrons. The van der Waals surface area contributed by atoms with E-state index in [4.69, 9.17) is 4.43 Å². The smallest absolute Gasteiger partial charge is 0.192 e. The molecule has 0 amide bonds. The molecule has 1 aliphatic carbocycles. The summed E-state index contributed by atoms with van der Waals surface area (Å²) in [6, 6.07) is 0.272. The lowest BCUT2D eigenvalue weighted by molar-refractivity contribution is -0.0520. The Kier molecular flexibility index (Phi) is 4.79. The molecule has 0 bridgehead atoms. The molecule has 3 unspecified atom stereocenters. The molecular formula is C16H31NO2Si. The summed E-state index contributed by atoms with van der Waals surface area (Å²) < 4.78 is 6.49. The van der Waals surface area contributed by atoms with Crippen molar-refractivity contribution >= 4 is 8.32 Å². The summed E-state index contributed by atoms with van der Waals surface area (Å²) in [7, 11) is -1.80. The molecular weight excluding hydrogens is 266 g/mol. The fourth-order valence-corrected chi connectivity index (χ4v) is 4.33. The summed E-state index contributed by atoms with van der Waals surface area (Å²) in [6.45, 7) is 13.3. The Morgan fingerprint density at radius 2 is 1.75 bits per heavy atom. The van der Waals surface area contributed by atoms with Crippen LogP contribution in [0.25, 0.3) is 0 Å². The van der Waals surface area contributed by atoms with Gasteiger partial charge in [0.2, 0.25) is 0 Å². The van der Waals surface area contributed by atoms with Crippen molar-refractivity contribution in [1.82, 2.24) is 4.90 Å². The highest BCUT2D eigenvalue weighted by Gasteiger charge is 2.43. The molecule has 3 nitrogen and oxygen atoms in total. The number of hydrogen-bond donors (Lipinski definition) is 1. The highest BCUT2D eigenvalue weighted by molar-refractivity contribution is 6.74. The average Bonchev–Trinajstić information content (AvgIpc) is 2.83. The summed E-state index contributed by atoms with van der Waals surface area (Å²) in [5.74, 6) is 0. The molecule has 3 atom stereocenters. The third-order valence-electron chi connectivity index (χ3n) is 5.33. The van der Waals surface area contributed by atoms with Crippen molar-refractivity contribution in [3.63, 3.8) is 0 Å². The van der Waals surface area contributed by atoms with Gasteiger partial charge >= 0.3 is 0 Å². The Bertz CT molecular complexity index is 354. The van der Waals surface area contributed by atoms with E-state index in [1.165, 1.54) is 0 Å². The number of hydrogen-bond acceptors (Lipinski definition) is 3. The lowest BCUT2D eigenvalue weighted by Crippen LogP contribution is -2.55. The van der Waals surface area contributed by atoms with E-state index >= 15 is 0 Å². The number of aliphatic hydroxyl groups is 1. The van der Waals surface area contributed by atoms with Crippen molar-refractivity contribution in [2.45, 2.75) is 76.4 Å². The molecule has 4 heteroatoms. The van der Waals surface area contributed by atoms with Crippen LogP contribution in [0.2, 0.25) is 18.1 Å². The lowest BCUT2D eigenvalue weighted by Gasteiger charge is -2.45. The van der Waals surface area contributed by atoms with Gasteiger partial charge in [-0.05, 0) is 37.4 Å². The minimum atomic E-state index is -1.80. The van der Waals surface area contributed by atoms with Gasteiger partial charge in [0.1, 0.15) is 0 Å². The van der Waals surface area contributed by atoms with E-state index in [2.05, 4.69) is 50.9 Å². The van der Waals surface area contributed by atoms with E-state index in [9.17, 15) is 5.11 Å². The van der Waals surface area contributed by atoms with Gasteiger partial charge in [0.25, 0.3) is 0 Å². The van der Waals surface area contributed by atoms with Gasteiger partial charge in [-0.3, -0.25) is 4.90 Å². The molecule has 0 aromatic carbocycles. The minimum Gasteiger partial charge on any atom is -0.411 e. The zero-order valence-electron chi connectivity index (χ0n) is 13.7. The Labute approximate surface area is 125 Å². The normalized spacial score (nSPS) is 32.8. The van der Waals surface area contributed by atoms with E-state index < -0.39 is 8.32 Å². The van der Waals surface area contributed by atoms with Crippen LogP contribution in [-0.4, -0.2) is 49.7 Å². The summed E-state index contributed by atoms with van der Waals surface area (Å²) >= 11 is 0. The van der Waals surface area contributed by atoms with Gasteiger partial charge in [0, 0.05) is 19.1 Å².